The summed E-state index contributed by atoms with van der Waals surface area (Å²) >= 11 is 0. The van der Waals surface area contributed by atoms with Gasteiger partial charge in [0.15, 0.2) is 0 Å². The third-order valence-electron chi connectivity index (χ3n) is 5.76. The van der Waals surface area contributed by atoms with Crippen molar-refractivity contribution in [1.82, 2.24) is 30.1 Å². The van der Waals surface area contributed by atoms with Crippen LogP contribution in [0.4, 0.5) is 0 Å². The van der Waals surface area contributed by atoms with E-state index < -0.39 is 0 Å². The first kappa shape index (κ1) is 18.4. The first-order valence-corrected chi connectivity index (χ1v) is 10.4. The minimum atomic E-state index is 0.579. The average molecular weight is 417 g/mol. The SMILES string of the molecule is Cc1ccncc1C1=NCC=c2[nH]nc(-c3cc4c(-c5ccncc5)ccnc4[nH]3)c2=C1. The first-order valence-electron chi connectivity index (χ1n) is 10.4. The molecule has 6 heterocycles. The summed E-state index contributed by atoms with van der Waals surface area (Å²) < 4.78 is 0. The number of pyridine rings is 3. The van der Waals surface area contributed by atoms with Crippen LogP contribution in [0.1, 0.15) is 11.1 Å². The Bertz CT molecular complexity index is 1610. The number of aryl methyl sites for hydroxylation is 1. The van der Waals surface area contributed by atoms with E-state index in [1.54, 1.807) is 18.6 Å². The normalized spacial score (nSPS) is 13.1. The van der Waals surface area contributed by atoms with E-state index in [1.807, 2.05) is 36.7 Å². The smallest absolute Gasteiger partial charge is 0.138 e. The van der Waals surface area contributed by atoms with Crippen LogP contribution in [-0.2, 0) is 0 Å². The molecule has 7 nitrogen and oxygen atoms in total. The average Bonchev–Trinajstić information content (AvgIpc) is 3.37. The van der Waals surface area contributed by atoms with Gasteiger partial charge in [0, 0.05) is 47.2 Å². The molecule has 0 bridgehead atoms. The monoisotopic (exact) mass is 417 g/mol. The van der Waals surface area contributed by atoms with E-state index in [0.29, 0.717) is 6.54 Å². The van der Waals surface area contributed by atoms with E-state index in [4.69, 9.17) is 4.99 Å². The molecule has 6 rings (SSSR count). The predicted octanol–water partition coefficient (Wildman–Crippen LogP) is 2.78. The minimum Gasteiger partial charge on any atom is -0.338 e. The minimum absolute atomic E-state index is 0.579. The molecule has 0 unspecified atom stereocenters. The number of hydrogen-bond acceptors (Lipinski definition) is 5. The van der Waals surface area contributed by atoms with Gasteiger partial charge in [-0.05, 0) is 66.1 Å². The van der Waals surface area contributed by atoms with Crippen molar-refractivity contribution in [3.8, 4) is 22.5 Å². The van der Waals surface area contributed by atoms with E-state index in [9.17, 15) is 0 Å². The standard InChI is InChI=1S/C25H19N7/c1-15-2-7-27-14-20(15)22-13-19-21(6-11-28-22)31-32-24(19)23-12-18-17(5-10-29-25(18)30-23)16-3-8-26-9-4-16/h2-10,12-14,31H,11H2,1H3,(H,29,30). The molecule has 0 radical (unpaired) electrons. The number of aromatic nitrogens is 6. The molecule has 0 spiro atoms. The zero-order valence-electron chi connectivity index (χ0n) is 17.4. The molecule has 1 aliphatic rings. The zero-order chi connectivity index (χ0) is 21.5. The molecule has 0 aromatic carbocycles. The lowest BCUT2D eigenvalue weighted by atomic mass is 10.0. The van der Waals surface area contributed by atoms with Crippen molar-refractivity contribution in [1.29, 1.82) is 0 Å². The Morgan fingerprint density at radius 1 is 0.938 bits per heavy atom. The highest BCUT2D eigenvalue weighted by Gasteiger charge is 2.15. The fraction of sp³-hybridized carbons (Fsp3) is 0.0800. The number of rotatable bonds is 3. The number of hydrogen-bond donors (Lipinski definition) is 2. The van der Waals surface area contributed by atoms with E-state index in [-0.39, 0.29) is 0 Å². The van der Waals surface area contributed by atoms with Crippen molar-refractivity contribution in [2.24, 2.45) is 4.99 Å². The Labute approximate surface area is 183 Å². The summed E-state index contributed by atoms with van der Waals surface area (Å²) in [6.45, 7) is 2.65. The van der Waals surface area contributed by atoms with Gasteiger partial charge >= 0.3 is 0 Å². The van der Waals surface area contributed by atoms with Crippen LogP contribution in [0.5, 0.6) is 0 Å². The Kier molecular flexibility index (Phi) is 4.24. The van der Waals surface area contributed by atoms with Crippen molar-refractivity contribution >= 4 is 28.9 Å². The largest absolute Gasteiger partial charge is 0.338 e. The van der Waals surface area contributed by atoms with Crippen molar-refractivity contribution in [3.05, 3.63) is 83.0 Å². The van der Waals surface area contributed by atoms with Gasteiger partial charge in [-0.3, -0.25) is 20.1 Å². The maximum atomic E-state index is 4.76. The van der Waals surface area contributed by atoms with Gasteiger partial charge in [-0.1, -0.05) is 0 Å². The molecule has 7 heteroatoms. The van der Waals surface area contributed by atoms with Crippen LogP contribution < -0.4 is 10.6 Å². The van der Waals surface area contributed by atoms with Crippen molar-refractivity contribution in [2.75, 3.05) is 6.54 Å². The van der Waals surface area contributed by atoms with Crippen LogP contribution in [0.15, 0.2) is 66.3 Å². The van der Waals surface area contributed by atoms with Gasteiger partial charge < -0.3 is 4.98 Å². The van der Waals surface area contributed by atoms with Crippen molar-refractivity contribution in [2.45, 2.75) is 6.92 Å². The van der Waals surface area contributed by atoms with Crippen molar-refractivity contribution < 1.29 is 0 Å². The molecular formula is C25H19N7. The van der Waals surface area contributed by atoms with Crippen LogP contribution >= 0.6 is 0 Å². The number of aliphatic imine (C=N–C) groups is 1. The van der Waals surface area contributed by atoms with Crippen LogP contribution in [-0.4, -0.2) is 42.4 Å². The maximum absolute atomic E-state index is 4.76. The van der Waals surface area contributed by atoms with Crippen LogP contribution in [0, 0.1) is 6.92 Å². The highest BCUT2D eigenvalue weighted by atomic mass is 15.1. The zero-order valence-corrected chi connectivity index (χ0v) is 17.4. The van der Waals surface area contributed by atoms with Gasteiger partial charge in [-0.25, -0.2) is 4.98 Å². The number of H-pyrrole nitrogens is 2. The molecule has 5 aromatic rings. The lowest BCUT2D eigenvalue weighted by molar-refractivity contribution is 1.06. The lowest BCUT2D eigenvalue weighted by Crippen LogP contribution is -2.24. The lowest BCUT2D eigenvalue weighted by Gasteiger charge is -2.04. The number of nitrogens with one attached hydrogen (secondary N) is 2. The predicted molar refractivity (Wildman–Crippen MR) is 125 cm³/mol. The second-order valence-electron chi connectivity index (χ2n) is 7.70. The third kappa shape index (κ3) is 3.02. The molecule has 0 aliphatic carbocycles. The second kappa shape index (κ2) is 7.39. The fourth-order valence-electron chi connectivity index (χ4n) is 4.12. The molecule has 154 valence electrons. The summed E-state index contributed by atoms with van der Waals surface area (Å²) in [4.78, 5) is 21.2. The van der Waals surface area contributed by atoms with Gasteiger partial charge in [0.1, 0.15) is 11.3 Å². The third-order valence-corrected chi connectivity index (χ3v) is 5.76. The summed E-state index contributed by atoms with van der Waals surface area (Å²) in [5.74, 6) is 0. The van der Waals surface area contributed by atoms with Crippen LogP contribution in [0.2, 0.25) is 0 Å². The Hall–Kier alpha value is -4.39. The van der Waals surface area contributed by atoms with Gasteiger partial charge in [0.25, 0.3) is 0 Å². The highest BCUT2D eigenvalue weighted by molar-refractivity contribution is 6.22. The Morgan fingerprint density at radius 3 is 2.69 bits per heavy atom. The second-order valence-corrected chi connectivity index (χ2v) is 7.70. The molecule has 0 saturated heterocycles. The fourth-order valence-corrected chi connectivity index (χ4v) is 4.12. The molecule has 0 amide bonds. The number of nitrogens with zero attached hydrogens (tertiary/aromatic N) is 5. The van der Waals surface area contributed by atoms with E-state index in [0.717, 1.165) is 61.0 Å². The Balaban J connectivity index is 1.53. The van der Waals surface area contributed by atoms with Gasteiger partial charge in [0.2, 0.25) is 0 Å². The summed E-state index contributed by atoms with van der Waals surface area (Å²) in [7, 11) is 0. The highest BCUT2D eigenvalue weighted by Crippen LogP contribution is 2.29. The van der Waals surface area contributed by atoms with Crippen LogP contribution in [0.25, 0.3) is 45.7 Å². The molecule has 2 N–H and O–H groups in total. The van der Waals surface area contributed by atoms with Gasteiger partial charge in [0.05, 0.1) is 23.3 Å². The van der Waals surface area contributed by atoms with Gasteiger partial charge in [-0.15, -0.1) is 0 Å². The quantitative estimate of drug-likeness (QED) is 0.472. The first-order chi connectivity index (χ1) is 15.8. The topological polar surface area (TPSA) is 95.5 Å². The number of fused-ring (bicyclic) bond motifs is 2. The molecule has 0 fully saturated rings. The maximum Gasteiger partial charge on any atom is 0.138 e. The van der Waals surface area contributed by atoms with Gasteiger partial charge in [-0.2, -0.15) is 5.10 Å². The number of aromatic amines is 2. The molecule has 1 aliphatic heterocycles. The summed E-state index contributed by atoms with van der Waals surface area (Å²) in [5, 5.41) is 10.8. The molecule has 5 aromatic heterocycles. The summed E-state index contributed by atoms with van der Waals surface area (Å²) in [5.41, 5.74) is 7.83. The molecule has 32 heavy (non-hydrogen) atoms. The summed E-state index contributed by atoms with van der Waals surface area (Å²) in [6.07, 6.45) is 13.2. The molecule has 0 saturated carbocycles. The van der Waals surface area contributed by atoms with Crippen LogP contribution in [0.3, 0.4) is 0 Å². The van der Waals surface area contributed by atoms with E-state index >= 15 is 0 Å². The van der Waals surface area contributed by atoms with Crippen molar-refractivity contribution in [3.63, 3.8) is 0 Å². The van der Waals surface area contributed by atoms with E-state index in [2.05, 4.69) is 55.3 Å². The molecule has 0 atom stereocenters. The summed E-state index contributed by atoms with van der Waals surface area (Å²) in [6, 6.07) is 10.1. The van der Waals surface area contributed by atoms with E-state index in [1.165, 1.54) is 0 Å². The Morgan fingerprint density at radius 2 is 1.81 bits per heavy atom. The molecular weight excluding hydrogens is 398 g/mol.